The molecule has 1 aliphatic rings. The van der Waals surface area contributed by atoms with Gasteiger partial charge in [0.1, 0.15) is 6.04 Å². The van der Waals surface area contributed by atoms with Crippen LogP contribution in [-0.4, -0.2) is 50.2 Å². The summed E-state index contributed by atoms with van der Waals surface area (Å²) in [6.07, 6.45) is 3.07. The van der Waals surface area contributed by atoms with Gasteiger partial charge in [-0.3, -0.25) is 9.69 Å². The Balaban J connectivity index is 1.93. The van der Waals surface area contributed by atoms with Crippen LogP contribution in [0, 0.1) is 0 Å². The standard InChI is InChI=1S/C17H26N2O2/c1-3-4-10-16(17(20)21-2)19-13-11-18(12-14-19)15-8-6-5-7-9-15/h5-9,16H,3-4,10-14H2,1-2H3. The molecule has 0 radical (unpaired) electrons. The van der Waals surface area contributed by atoms with Crippen LogP contribution in [0.2, 0.25) is 0 Å². The SMILES string of the molecule is CCCCC(C(=O)OC)N1CCN(c2ccccc2)CC1. The molecular formula is C17H26N2O2. The van der Waals surface area contributed by atoms with E-state index in [-0.39, 0.29) is 12.0 Å². The number of ether oxygens (including phenoxy) is 1. The first-order chi connectivity index (χ1) is 10.3. The van der Waals surface area contributed by atoms with Crippen molar-refractivity contribution in [3.05, 3.63) is 30.3 Å². The molecule has 0 saturated carbocycles. The Labute approximate surface area is 127 Å². The number of methoxy groups -OCH3 is 1. The second-order valence-corrected chi connectivity index (χ2v) is 5.54. The molecule has 1 atom stereocenters. The molecule has 1 saturated heterocycles. The minimum absolute atomic E-state index is 0.0760. The lowest BCUT2D eigenvalue weighted by Gasteiger charge is -2.39. The molecule has 0 aliphatic carbocycles. The zero-order valence-electron chi connectivity index (χ0n) is 13.1. The number of carbonyl (C=O) groups is 1. The summed E-state index contributed by atoms with van der Waals surface area (Å²) < 4.78 is 4.98. The lowest BCUT2D eigenvalue weighted by atomic mass is 10.1. The average molecular weight is 290 g/mol. The highest BCUT2D eigenvalue weighted by Gasteiger charge is 2.29. The van der Waals surface area contributed by atoms with E-state index in [9.17, 15) is 4.79 Å². The van der Waals surface area contributed by atoms with Crippen LogP contribution in [0.1, 0.15) is 26.2 Å². The Hall–Kier alpha value is -1.55. The van der Waals surface area contributed by atoms with Crippen LogP contribution in [-0.2, 0) is 9.53 Å². The highest BCUT2D eigenvalue weighted by molar-refractivity contribution is 5.75. The molecule has 0 N–H and O–H groups in total. The number of nitrogens with zero attached hydrogens (tertiary/aromatic N) is 2. The maximum absolute atomic E-state index is 12.0. The lowest BCUT2D eigenvalue weighted by Crippen LogP contribution is -2.53. The van der Waals surface area contributed by atoms with E-state index in [4.69, 9.17) is 4.74 Å². The summed E-state index contributed by atoms with van der Waals surface area (Å²) in [5, 5.41) is 0. The quantitative estimate of drug-likeness (QED) is 0.754. The zero-order valence-corrected chi connectivity index (χ0v) is 13.1. The normalized spacial score (nSPS) is 17.5. The Kier molecular flexibility index (Phi) is 6.05. The molecule has 1 unspecified atom stereocenters. The number of hydrogen-bond acceptors (Lipinski definition) is 4. The average Bonchev–Trinajstić information content (AvgIpc) is 2.56. The number of benzene rings is 1. The number of esters is 1. The lowest BCUT2D eigenvalue weighted by molar-refractivity contribution is -0.147. The van der Waals surface area contributed by atoms with Crippen molar-refractivity contribution in [3.63, 3.8) is 0 Å². The predicted octanol–water partition coefficient (Wildman–Crippen LogP) is 2.54. The minimum Gasteiger partial charge on any atom is -0.468 e. The summed E-state index contributed by atoms with van der Waals surface area (Å²) in [7, 11) is 1.49. The van der Waals surface area contributed by atoms with Crippen molar-refractivity contribution in [3.8, 4) is 0 Å². The smallest absolute Gasteiger partial charge is 0.323 e. The third-order valence-corrected chi connectivity index (χ3v) is 4.18. The summed E-state index contributed by atoms with van der Waals surface area (Å²) in [6.45, 7) is 5.91. The van der Waals surface area contributed by atoms with E-state index in [0.717, 1.165) is 45.4 Å². The molecule has 4 heteroatoms. The van der Waals surface area contributed by atoms with Crippen LogP contribution >= 0.6 is 0 Å². The van der Waals surface area contributed by atoms with Gasteiger partial charge in [-0.2, -0.15) is 0 Å². The predicted molar refractivity (Wildman–Crippen MR) is 85.6 cm³/mol. The molecule has 1 aromatic carbocycles. The van der Waals surface area contributed by atoms with Crippen molar-refractivity contribution in [2.75, 3.05) is 38.2 Å². The molecule has 4 nitrogen and oxygen atoms in total. The number of unbranched alkanes of at least 4 members (excludes halogenated alkanes) is 1. The Morgan fingerprint density at radius 1 is 1.19 bits per heavy atom. The molecule has 21 heavy (non-hydrogen) atoms. The number of piperazine rings is 1. The molecule has 0 aromatic heterocycles. The fourth-order valence-corrected chi connectivity index (χ4v) is 2.91. The van der Waals surface area contributed by atoms with Gasteiger partial charge in [0.25, 0.3) is 0 Å². The van der Waals surface area contributed by atoms with Gasteiger partial charge in [0.05, 0.1) is 7.11 Å². The molecule has 0 bridgehead atoms. The first kappa shape index (κ1) is 15.8. The largest absolute Gasteiger partial charge is 0.468 e. The molecule has 1 fully saturated rings. The van der Waals surface area contributed by atoms with E-state index in [1.165, 1.54) is 12.8 Å². The van der Waals surface area contributed by atoms with Crippen molar-refractivity contribution >= 4 is 11.7 Å². The molecular weight excluding hydrogens is 264 g/mol. The van der Waals surface area contributed by atoms with Gasteiger partial charge in [-0.15, -0.1) is 0 Å². The van der Waals surface area contributed by atoms with Crippen LogP contribution in [0.15, 0.2) is 30.3 Å². The summed E-state index contributed by atoms with van der Waals surface area (Å²) in [4.78, 5) is 16.6. The van der Waals surface area contributed by atoms with Gasteiger partial charge in [-0.05, 0) is 18.6 Å². The van der Waals surface area contributed by atoms with Gasteiger partial charge in [-0.25, -0.2) is 0 Å². The summed E-state index contributed by atoms with van der Waals surface area (Å²) in [5.41, 5.74) is 1.26. The third kappa shape index (κ3) is 4.21. The number of para-hydroxylation sites is 1. The highest BCUT2D eigenvalue weighted by atomic mass is 16.5. The van der Waals surface area contributed by atoms with Gasteiger partial charge in [0.15, 0.2) is 0 Å². The number of anilines is 1. The molecule has 1 aliphatic heterocycles. The Morgan fingerprint density at radius 3 is 2.43 bits per heavy atom. The van der Waals surface area contributed by atoms with Gasteiger partial charge < -0.3 is 9.64 Å². The summed E-state index contributed by atoms with van der Waals surface area (Å²) >= 11 is 0. The first-order valence-corrected chi connectivity index (χ1v) is 7.88. The molecule has 0 spiro atoms. The Bertz CT molecular complexity index is 428. The van der Waals surface area contributed by atoms with Crippen molar-refractivity contribution < 1.29 is 9.53 Å². The second-order valence-electron chi connectivity index (χ2n) is 5.54. The van der Waals surface area contributed by atoms with E-state index in [0.29, 0.717) is 0 Å². The van der Waals surface area contributed by atoms with E-state index >= 15 is 0 Å². The monoisotopic (exact) mass is 290 g/mol. The van der Waals surface area contributed by atoms with Gasteiger partial charge >= 0.3 is 5.97 Å². The topological polar surface area (TPSA) is 32.8 Å². The van der Waals surface area contributed by atoms with Crippen LogP contribution < -0.4 is 4.90 Å². The molecule has 1 aromatic rings. The first-order valence-electron chi connectivity index (χ1n) is 7.88. The molecule has 0 amide bonds. The fraction of sp³-hybridized carbons (Fsp3) is 0.588. The van der Waals surface area contributed by atoms with Crippen LogP contribution in [0.25, 0.3) is 0 Å². The van der Waals surface area contributed by atoms with Crippen LogP contribution in [0.3, 0.4) is 0 Å². The molecule has 116 valence electrons. The second kappa shape index (κ2) is 8.03. The summed E-state index contributed by atoms with van der Waals surface area (Å²) in [5.74, 6) is -0.0865. The molecule has 2 rings (SSSR count). The maximum atomic E-state index is 12.0. The van der Waals surface area contributed by atoms with Crippen LogP contribution in [0.4, 0.5) is 5.69 Å². The number of carbonyl (C=O) groups excluding carboxylic acids is 1. The highest BCUT2D eigenvalue weighted by Crippen LogP contribution is 2.18. The van der Waals surface area contributed by atoms with Gasteiger partial charge in [0, 0.05) is 31.9 Å². The van der Waals surface area contributed by atoms with Crippen LogP contribution in [0.5, 0.6) is 0 Å². The minimum atomic E-state index is -0.0865. The summed E-state index contributed by atoms with van der Waals surface area (Å²) in [6, 6.07) is 10.4. The van der Waals surface area contributed by atoms with Crippen molar-refractivity contribution in [1.29, 1.82) is 0 Å². The van der Waals surface area contributed by atoms with Crippen molar-refractivity contribution in [2.45, 2.75) is 32.2 Å². The fourth-order valence-electron chi connectivity index (χ4n) is 2.91. The van der Waals surface area contributed by atoms with E-state index < -0.39 is 0 Å². The van der Waals surface area contributed by atoms with Crippen molar-refractivity contribution in [2.24, 2.45) is 0 Å². The zero-order chi connectivity index (χ0) is 15.1. The number of hydrogen-bond donors (Lipinski definition) is 0. The van der Waals surface area contributed by atoms with E-state index in [1.807, 2.05) is 6.07 Å². The Morgan fingerprint density at radius 2 is 1.86 bits per heavy atom. The van der Waals surface area contributed by atoms with E-state index in [2.05, 4.69) is 41.0 Å². The van der Waals surface area contributed by atoms with Crippen molar-refractivity contribution in [1.82, 2.24) is 4.90 Å². The third-order valence-electron chi connectivity index (χ3n) is 4.18. The van der Waals surface area contributed by atoms with Gasteiger partial charge in [-0.1, -0.05) is 38.0 Å². The molecule has 1 heterocycles. The number of rotatable bonds is 6. The van der Waals surface area contributed by atoms with E-state index in [1.54, 1.807) is 0 Å². The van der Waals surface area contributed by atoms with Gasteiger partial charge in [0.2, 0.25) is 0 Å². The maximum Gasteiger partial charge on any atom is 0.323 e.